The number of aliphatic hydroxyl groups is 2. The van der Waals surface area contributed by atoms with Gasteiger partial charge in [0.25, 0.3) is 0 Å². The lowest BCUT2D eigenvalue weighted by molar-refractivity contribution is 0.0149. The number of ether oxygens (including phenoxy) is 1. The quantitative estimate of drug-likeness (QED) is 0.177. The van der Waals surface area contributed by atoms with Crippen molar-refractivity contribution < 1.29 is 14.9 Å². The van der Waals surface area contributed by atoms with Crippen molar-refractivity contribution in [3.63, 3.8) is 0 Å². The van der Waals surface area contributed by atoms with Gasteiger partial charge in [0.1, 0.15) is 6.10 Å². The van der Waals surface area contributed by atoms with Crippen LogP contribution in [0.4, 0.5) is 0 Å². The minimum Gasteiger partial charge on any atom is -0.394 e. The molecule has 0 saturated carbocycles. The van der Waals surface area contributed by atoms with E-state index in [9.17, 15) is 0 Å². The Bertz CT molecular complexity index is 302. The van der Waals surface area contributed by atoms with Crippen LogP contribution in [0.1, 0.15) is 110 Å². The van der Waals surface area contributed by atoms with Gasteiger partial charge in [-0.15, -0.1) is 0 Å². The van der Waals surface area contributed by atoms with Gasteiger partial charge >= 0.3 is 0 Å². The molecule has 3 nitrogen and oxygen atoms in total. The highest BCUT2D eigenvalue weighted by Crippen LogP contribution is 2.14. The van der Waals surface area contributed by atoms with Crippen molar-refractivity contribution in [1.29, 1.82) is 0 Å². The van der Waals surface area contributed by atoms with Crippen molar-refractivity contribution in [1.82, 2.24) is 0 Å². The molecule has 3 heteroatoms. The third-order valence-corrected chi connectivity index (χ3v) is 5.05. The predicted octanol–water partition coefficient (Wildman–Crippen LogP) is 6.42. The molecular weight excluding hydrogens is 336 g/mol. The van der Waals surface area contributed by atoms with Crippen molar-refractivity contribution in [2.75, 3.05) is 19.8 Å². The van der Waals surface area contributed by atoms with Crippen LogP contribution in [0.15, 0.2) is 12.2 Å². The van der Waals surface area contributed by atoms with Gasteiger partial charge < -0.3 is 14.9 Å². The van der Waals surface area contributed by atoms with Crippen molar-refractivity contribution in [2.24, 2.45) is 5.92 Å². The van der Waals surface area contributed by atoms with Crippen LogP contribution in [-0.2, 0) is 4.74 Å². The Morgan fingerprint density at radius 3 is 1.67 bits per heavy atom. The molecule has 0 aliphatic carbocycles. The van der Waals surface area contributed by atoms with E-state index in [2.05, 4.69) is 19.9 Å². The molecule has 0 aliphatic rings. The first-order chi connectivity index (χ1) is 13.2. The molecule has 27 heavy (non-hydrogen) atoms. The van der Waals surface area contributed by atoms with E-state index in [4.69, 9.17) is 14.9 Å². The molecule has 0 saturated heterocycles. The lowest BCUT2D eigenvalue weighted by atomic mass is 10.0. The molecule has 0 aliphatic heterocycles. The van der Waals surface area contributed by atoms with Gasteiger partial charge in [-0.25, -0.2) is 0 Å². The smallest absolute Gasteiger partial charge is 0.100 e. The summed E-state index contributed by atoms with van der Waals surface area (Å²) in [6.45, 7) is 5.14. The Kier molecular flexibility index (Phi) is 21.6. The van der Waals surface area contributed by atoms with Crippen LogP contribution in [0.3, 0.4) is 0 Å². The molecule has 0 spiro atoms. The SMILES string of the molecule is CC(C)CCCCCCCCCCCCCCCC=CCOCC(O)CO. The number of allylic oxidation sites excluding steroid dienone is 1. The number of hydrogen-bond donors (Lipinski definition) is 2. The van der Waals surface area contributed by atoms with Crippen LogP contribution in [-0.4, -0.2) is 36.1 Å². The summed E-state index contributed by atoms with van der Waals surface area (Å²) in [7, 11) is 0. The molecule has 0 rings (SSSR count). The lowest BCUT2D eigenvalue weighted by Gasteiger charge is -2.05. The van der Waals surface area contributed by atoms with Crippen LogP contribution in [0.2, 0.25) is 0 Å². The molecule has 0 aromatic rings. The molecule has 2 N–H and O–H groups in total. The largest absolute Gasteiger partial charge is 0.394 e. The fourth-order valence-corrected chi connectivity index (χ4v) is 3.27. The molecule has 0 heterocycles. The highest BCUT2D eigenvalue weighted by atomic mass is 16.5. The minimum atomic E-state index is -0.752. The molecule has 1 atom stereocenters. The normalized spacial score (nSPS) is 13.1. The Morgan fingerprint density at radius 2 is 1.19 bits per heavy atom. The molecule has 0 aromatic carbocycles. The standard InChI is InChI=1S/C24H48O3/c1-23(2)19-17-15-13-11-9-7-5-3-4-6-8-10-12-14-16-18-20-27-22-24(26)21-25/h16,18,23-26H,3-15,17,19-22H2,1-2H3. The Hall–Kier alpha value is -0.380. The number of aliphatic hydroxyl groups excluding tert-OH is 2. The van der Waals surface area contributed by atoms with Gasteiger partial charge in [-0.2, -0.15) is 0 Å². The maximum Gasteiger partial charge on any atom is 0.100 e. The second-order valence-electron chi connectivity index (χ2n) is 8.41. The first-order valence-corrected chi connectivity index (χ1v) is 11.7. The summed E-state index contributed by atoms with van der Waals surface area (Å²) in [5, 5.41) is 17.8. The fraction of sp³-hybridized carbons (Fsp3) is 0.917. The Balaban J connectivity index is 3.08. The van der Waals surface area contributed by atoms with E-state index in [1.54, 1.807) is 0 Å². The highest BCUT2D eigenvalue weighted by molar-refractivity contribution is 4.81. The Labute approximate surface area is 169 Å². The van der Waals surface area contributed by atoms with Gasteiger partial charge in [0, 0.05) is 0 Å². The molecule has 0 fully saturated rings. The maximum absolute atomic E-state index is 9.12. The van der Waals surface area contributed by atoms with E-state index in [0.29, 0.717) is 6.61 Å². The van der Waals surface area contributed by atoms with Crippen LogP contribution in [0.5, 0.6) is 0 Å². The number of rotatable bonds is 21. The van der Waals surface area contributed by atoms with Crippen LogP contribution >= 0.6 is 0 Å². The summed E-state index contributed by atoms with van der Waals surface area (Å²) in [5.74, 6) is 0.875. The number of unbranched alkanes of at least 4 members (excludes halogenated alkanes) is 13. The second kappa shape index (κ2) is 21.9. The predicted molar refractivity (Wildman–Crippen MR) is 117 cm³/mol. The van der Waals surface area contributed by atoms with E-state index < -0.39 is 6.10 Å². The van der Waals surface area contributed by atoms with Gasteiger partial charge in [-0.3, -0.25) is 0 Å². The van der Waals surface area contributed by atoms with Gasteiger partial charge in [0.05, 0.1) is 19.8 Å². The molecule has 162 valence electrons. The topological polar surface area (TPSA) is 49.7 Å². The first kappa shape index (κ1) is 26.6. The van der Waals surface area contributed by atoms with Gasteiger partial charge in [0.2, 0.25) is 0 Å². The van der Waals surface area contributed by atoms with Crippen molar-refractivity contribution in [3.05, 3.63) is 12.2 Å². The van der Waals surface area contributed by atoms with E-state index in [-0.39, 0.29) is 13.2 Å². The molecule has 0 bridgehead atoms. The average molecular weight is 385 g/mol. The molecule has 0 aromatic heterocycles. The van der Waals surface area contributed by atoms with Gasteiger partial charge in [-0.05, 0) is 18.8 Å². The van der Waals surface area contributed by atoms with Crippen molar-refractivity contribution in [2.45, 2.75) is 116 Å². The molecule has 0 radical (unpaired) electrons. The van der Waals surface area contributed by atoms with Crippen LogP contribution in [0.25, 0.3) is 0 Å². The zero-order valence-electron chi connectivity index (χ0n) is 18.3. The monoisotopic (exact) mass is 384 g/mol. The minimum absolute atomic E-state index is 0.207. The number of hydrogen-bond acceptors (Lipinski definition) is 3. The Morgan fingerprint density at radius 1 is 0.704 bits per heavy atom. The van der Waals surface area contributed by atoms with E-state index in [1.165, 1.54) is 89.9 Å². The van der Waals surface area contributed by atoms with Crippen LogP contribution < -0.4 is 0 Å². The first-order valence-electron chi connectivity index (χ1n) is 11.7. The van der Waals surface area contributed by atoms with Crippen LogP contribution in [0, 0.1) is 5.92 Å². The molecule has 1 unspecified atom stereocenters. The van der Waals surface area contributed by atoms with Crippen molar-refractivity contribution in [3.8, 4) is 0 Å². The second-order valence-corrected chi connectivity index (χ2v) is 8.41. The fourth-order valence-electron chi connectivity index (χ4n) is 3.27. The summed E-state index contributed by atoms with van der Waals surface area (Å²) >= 11 is 0. The third-order valence-electron chi connectivity index (χ3n) is 5.05. The van der Waals surface area contributed by atoms with Gasteiger partial charge in [0.15, 0.2) is 0 Å². The third kappa shape index (κ3) is 23.6. The molecule has 0 amide bonds. The van der Waals surface area contributed by atoms with Gasteiger partial charge in [-0.1, -0.05) is 109 Å². The highest BCUT2D eigenvalue weighted by Gasteiger charge is 1.99. The summed E-state index contributed by atoms with van der Waals surface area (Å²) in [6, 6.07) is 0. The summed E-state index contributed by atoms with van der Waals surface area (Å²) < 4.78 is 5.22. The average Bonchev–Trinajstić information content (AvgIpc) is 2.65. The van der Waals surface area contributed by atoms with Crippen molar-refractivity contribution >= 4 is 0 Å². The summed E-state index contributed by atoms with van der Waals surface area (Å²) in [4.78, 5) is 0. The zero-order valence-corrected chi connectivity index (χ0v) is 18.3. The summed E-state index contributed by atoms with van der Waals surface area (Å²) in [6.07, 6.45) is 24.2. The lowest BCUT2D eigenvalue weighted by Crippen LogP contribution is -2.19. The summed E-state index contributed by atoms with van der Waals surface area (Å²) in [5.41, 5.74) is 0. The molecular formula is C24H48O3. The van der Waals surface area contributed by atoms with E-state index in [1.807, 2.05) is 6.08 Å². The van der Waals surface area contributed by atoms with E-state index >= 15 is 0 Å². The van der Waals surface area contributed by atoms with E-state index in [0.717, 1.165) is 12.3 Å². The zero-order chi connectivity index (χ0) is 20.0. The maximum atomic E-state index is 9.12.